The van der Waals surface area contributed by atoms with Crippen molar-refractivity contribution in [3.05, 3.63) is 0 Å². The van der Waals surface area contributed by atoms with E-state index in [0.29, 0.717) is 0 Å². The summed E-state index contributed by atoms with van der Waals surface area (Å²) in [6, 6.07) is 0. The smallest absolute Gasteiger partial charge is 0.320 e. The highest BCUT2D eigenvalue weighted by atomic mass is 79.9. The first-order valence-electron chi connectivity index (χ1n) is 4.08. The fourth-order valence-corrected chi connectivity index (χ4v) is 0.992. The van der Waals surface area contributed by atoms with Gasteiger partial charge in [-0.15, -0.1) is 0 Å². The van der Waals surface area contributed by atoms with Gasteiger partial charge in [-0.3, -0.25) is 9.59 Å². The summed E-state index contributed by atoms with van der Waals surface area (Å²) in [6.07, 6.45) is 0. The first-order valence-corrected chi connectivity index (χ1v) is 4.99. The van der Waals surface area contributed by atoms with Crippen molar-refractivity contribution in [3.8, 4) is 0 Å². The number of nitrogens with one attached hydrogen (secondary N) is 1. The number of methoxy groups -OCH3 is 1. The third-order valence-electron chi connectivity index (χ3n) is 1.80. The van der Waals surface area contributed by atoms with Crippen LogP contribution in [0.3, 0.4) is 0 Å². The van der Waals surface area contributed by atoms with Gasteiger partial charge >= 0.3 is 5.97 Å². The highest BCUT2D eigenvalue weighted by molar-refractivity contribution is 9.10. The molecule has 0 fully saturated rings. The number of carbonyl (C=O) groups excluding carboxylic acids is 2. The van der Waals surface area contributed by atoms with Gasteiger partial charge in [0.2, 0.25) is 5.91 Å². The Bertz CT molecular complexity index is 231. The third kappa shape index (κ3) is 4.06. The van der Waals surface area contributed by atoms with Crippen molar-refractivity contribution in [3.63, 3.8) is 0 Å². The third-order valence-corrected chi connectivity index (χ3v) is 2.49. The summed E-state index contributed by atoms with van der Waals surface area (Å²) in [5.41, 5.74) is 4.30. The molecular weight excluding hydrogens is 252 g/mol. The Kier molecular flexibility index (Phi) is 5.07. The Hall–Kier alpha value is -0.620. The second kappa shape index (κ2) is 5.31. The molecule has 0 aliphatic rings. The molecule has 3 N–H and O–H groups in total. The lowest BCUT2D eigenvalue weighted by atomic mass is 10.1. The number of ether oxygens (including phenoxy) is 1. The Morgan fingerprint density at radius 1 is 1.57 bits per heavy atom. The molecule has 0 bridgehead atoms. The zero-order valence-corrected chi connectivity index (χ0v) is 10.1. The summed E-state index contributed by atoms with van der Waals surface area (Å²) in [7, 11) is 1.30. The summed E-state index contributed by atoms with van der Waals surface area (Å²) >= 11 is 3.12. The zero-order valence-electron chi connectivity index (χ0n) is 8.46. The number of esters is 1. The molecular formula is C8H15BrN2O3. The van der Waals surface area contributed by atoms with E-state index in [0.717, 1.165) is 0 Å². The molecule has 5 nitrogen and oxygen atoms in total. The Morgan fingerprint density at radius 2 is 2.07 bits per heavy atom. The van der Waals surface area contributed by atoms with Crippen molar-refractivity contribution in [2.75, 3.05) is 13.7 Å². The summed E-state index contributed by atoms with van der Waals surface area (Å²) in [5.74, 6) is -0.861. The van der Waals surface area contributed by atoms with Crippen LogP contribution in [0.25, 0.3) is 0 Å². The average molecular weight is 267 g/mol. The minimum Gasteiger partial charge on any atom is -0.468 e. The quantitative estimate of drug-likeness (QED) is 0.533. The first-order chi connectivity index (χ1) is 6.31. The van der Waals surface area contributed by atoms with Crippen LogP contribution < -0.4 is 11.1 Å². The van der Waals surface area contributed by atoms with Gasteiger partial charge in [-0.2, -0.15) is 0 Å². The standard InChI is InChI=1S/C8H15BrN2O3/c1-8(2,7(10)13)11-4-5(9)6(12)14-3/h5,11H,4H2,1-3H3,(H2,10,13). The zero-order chi connectivity index (χ0) is 11.4. The van der Waals surface area contributed by atoms with Gasteiger partial charge in [0.25, 0.3) is 0 Å². The van der Waals surface area contributed by atoms with E-state index in [-0.39, 0.29) is 6.54 Å². The number of halogens is 1. The van der Waals surface area contributed by atoms with Crippen LogP contribution >= 0.6 is 15.9 Å². The minimum atomic E-state index is -0.833. The van der Waals surface area contributed by atoms with Crippen LogP contribution in [0.1, 0.15) is 13.8 Å². The second-order valence-electron chi connectivity index (χ2n) is 3.36. The van der Waals surface area contributed by atoms with E-state index in [1.165, 1.54) is 7.11 Å². The van der Waals surface area contributed by atoms with Crippen LogP contribution in [0.5, 0.6) is 0 Å². The van der Waals surface area contributed by atoms with Gasteiger partial charge < -0.3 is 15.8 Å². The monoisotopic (exact) mass is 266 g/mol. The summed E-state index contributed by atoms with van der Waals surface area (Å²) in [6.45, 7) is 3.57. The number of alkyl halides is 1. The predicted octanol–water partition coefficient (Wildman–Crippen LogP) is -0.224. The Labute approximate surface area is 91.5 Å². The van der Waals surface area contributed by atoms with Crippen molar-refractivity contribution in [2.45, 2.75) is 24.2 Å². The van der Waals surface area contributed by atoms with E-state index in [1.807, 2.05) is 0 Å². The molecule has 0 aromatic heterocycles. The Balaban J connectivity index is 4.06. The summed E-state index contributed by atoms with van der Waals surface area (Å²) < 4.78 is 4.50. The molecule has 0 heterocycles. The lowest BCUT2D eigenvalue weighted by Crippen LogP contribution is -2.52. The number of amides is 1. The van der Waals surface area contributed by atoms with Gasteiger partial charge in [-0.25, -0.2) is 0 Å². The highest BCUT2D eigenvalue weighted by Gasteiger charge is 2.26. The van der Waals surface area contributed by atoms with E-state index >= 15 is 0 Å². The van der Waals surface area contributed by atoms with Gasteiger partial charge in [-0.1, -0.05) is 15.9 Å². The lowest BCUT2D eigenvalue weighted by molar-refractivity contribution is -0.140. The first kappa shape index (κ1) is 13.4. The molecule has 0 rings (SSSR count). The summed E-state index contributed by atoms with van der Waals surface area (Å²) in [4.78, 5) is 21.4. The number of primary amides is 1. The fourth-order valence-electron chi connectivity index (χ4n) is 0.643. The minimum absolute atomic E-state index is 0.280. The second-order valence-corrected chi connectivity index (χ2v) is 4.47. The molecule has 0 spiro atoms. The van der Waals surface area contributed by atoms with Crippen LogP contribution in [0, 0.1) is 0 Å². The molecule has 0 radical (unpaired) electrons. The molecule has 0 aliphatic heterocycles. The van der Waals surface area contributed by atoms with E-state index in [2.05, 4.69) is 26.0 Å². The normalized spacial score (nSPS) is 13.4. The number of nitrogens with two attached hydrogens (primary N) is 1. The number of hydrogen-bond donors (Lipinski definition) is 2. The molecule has 0 aromatic rings. The van der Waals surface area contributed by atoms with Crippen LogP contribution in [0.15, 0.2) is 0 Å². The molecule has 14 heavy (non-hydrogen) atoms. The molecule has 0 saturated heterocycles. The largest absolute Gasteiger partial charge is 0.468 e. The SMILES string of the molecule is COC(=O)C(Br)CNC(C)(C)C(N)=O. The van der Waals surface area contributed by atoms with Crippen molar-refractivity contribution in [1.82, 2.24) is 5.32 Å². The van der Waals surface area contributed by atoms with Crippen LogP contribution in [-0.2, 0) is 14.3 Å². The van der Waals surface area contributed by atoms with Gasteiger partial charge in [0.1, 0.15) is 4.83 Å². The van der Waals surface area contributed by atoms with E-state index in [4.69, 9.17) is 5.73 Å². The van der Waals surface area contributed by atoms with Gasteiger partial charge in [0.15, 0.2) is 0 Å². The molecule has 82 valence electrons. The number of carbonyl (C=O) groups is 2. The fraction of sp³-hybridized carbons (Fsp3) is 0.750. The molecule has 6 heteroatoms. The lowest BCUT2D eigenvalue weighted by Gasteiger charge is -2.23. The van der Waals surface area contributed by atoms with Crippen molar-refractivity contribution < 1.29 is 14.3 Å². The van der Waals surface area contributed by atoms with E-state index in [1.54, 1.807) is 13.8 Å². The van der Waals surface area contributed by atoms with Crippen LogP contribution in [0.2, 0.25) is 0 Å². The highest BCUT2D eigenvalue weighted by Crippen LogP contribution is 2.05. The number of rotatable bonds is 5. The maximum atomic E-state index is 11.0. The Morgan fingerprint density at radius 3 is 2.43 bits per heavy atom. The van der Waals surface area contributed by atoms with Crippen LogP contribution in [-0.4, -0.2) is 35.9 Å². The van der Waals surface area contributed by atoms with Crippen molar-refractivity contribution in [2.24, 2.45) is 5.73 Å². The molecule has 0 aromatic carbocycles. The summed E-state index contributed by atoms with van der Waals surface area (Å²) in [5, 5.41) is 2.85. The number of hydrogen-bond acceptors (Lipinski definition) is 4. The maximum Gasteiger partial charge on any atom is 0.320 e. The van der Waals surface area contributed by atoms with E-state index < -0.39 is 22.2 Å². The molecule has 1 unspecified atom stereocenters. The maximum absolute atomic E-state index is 11.0. The average Bonchev–Trinajstić information content (AvgIpc) is 2.12. The molecule has 1 atom stereocenters. The molecule has 0 aliphatic carbocycles. The van der Waals surface area contributed by atoms with Crippen molar-refractivity contribution in [1.29, 1.82) is 0 Å². The predicted molar refractivity (Wildman–Crippen MR) is 56.0 cm³/mol. The van der Waals surface area contributed by atoms with Gasteiger partial charge in [-0.05, 0) is 13.8 Å². The van der Waals surface area contributed by atoms with Gasteiger partial charge in [0.05, 0.1) is 12.6 Å². The van der Waals surface area contributed by atoms with Crippen LogP contribution in [0.4, 0.5) is 0 Å². The van der Waals surface area contributed by atoms with Gasteiger partial charge in [0, 0.05) is 6.54 Å². The molecule has 1 amide bonds. The molecule has 0 saturated carbocycles. The van der Waals surface area contributed by atoms with E-state index in [9.17, 15) is 9.59 Å². The van der Waals surface area contributed by atoms with Crippen molar-refractivity contribution >= 4 is 27.8 Å². The topological polar surface area (TPSA) is 81.4 Å².